The first-order valence-corrected chi connectivity index (χ1v) is 3.52. The molecule has 0 aromatic heterocycles. The van der Waals surface area contributed by atoms with Crippen LogP contribution in [0, 0.1) is 5.92 Å². The molecule has 0 spiro atoms. The number of aliphatic carboxylic acids is 1. The summed E-state index contributed by atoms with van der Waals surface area (Å²) in [4.78, 5) is 21.2. The van der Waals surface area contributed by atoms with Crippen LogP contribution in [0.5, 0.6) is 0 Å². The van der Waals surface area contributed by atoms with Gasteiger partial charge in [-0.15, -0.1) is 0 Å². The average molecular weight is 160 g/mol. The highest BCUT2D eigenvalue weighted by Gasteiger charge is 2.24. The Hall–Kier alpha value is -1.06. The summed E-state index contributed by atoms with van der Waals surface area (Å²) < 4.78 is 4.54. The molecule has 4 heteroatoms. The number of rotatable bonds is 4. The maximum absolute atomic E-state index is 10.8. The molecule has 0 bridgehead atoms. The number of esters is 1. The van der Waals surface area contributed by atoms with Crippen molar-refractivity contribution in [1.82, 2.24) is 0 Å². The number of carbonyl (C=O) groups excluding carboxylic acids is 1. The molecule has 0 heterocycles. The van der Waals surface area contributed by atoms with Crippen molar-refractivity contribution >= 4 is 11.9 Å². The largest absolute Gasteiger partial charge is 0.481 e. The standard InChI is InChI=1S/C7H12O4/c1-3-5(6(8)9)7(10)11-4-2/h5H,3-4H2,1-2H3,(H,8,9)/t5-/m1/s1. The Morgan fingerprint density at radius 2 is 2.00 bits per heavy atom. The Morgan fingerprint density at radius 3 is 2.27 bits per heavy atom. The van der Waals surface area contributed by atoms with Crippen LogP contribution in [0.15, 0.2) is 0 Å². The molecule has 0 rings (SSSR count). The molecule has 0 aliphatic carbocycles. The van der Waals surface area contributed by atoms with Crippen molar-refractivity contribution in [1.29, 1.82) is 0 Å². The van der Waals surface area contributed by atoms with Crippen molar-refractivity contribution < 1.29 is 19.4 Å². The van der Waals surface area contributed by atoms with Gasteiger partial charge in [-0.25, -0.2) is 0 Å². The number of ether oxygens (including phenoxy) is 1. The predicted octanol–water partition coefficient (Wildman–Crippen LogP) is 0.660. The van der Waals surface area contributed by atoms with E-state index in [1.807, 2.05) is 0 Å². The van der Waals surface area contributed by atoms with Crippen molar-refractivity contribution in [3.63, 3.8) is 0 Å². The molecule has 1 atom stereocenters. The van der Waals surface area contributed by atoms with Gasteiger partial charge in [0.1, 0.15) is 0 Å². The summed E-state index contributed by atoms with van der Waals surface area (Å²) in [6, 6.07) is 0. The zero-order valence-electron chi connectivity index (χ0n) is 6.66. The van der Waals surface area contributed by atoms with Crippen LogP contribution in [-0.2, 0) is 14.3 Å². The summed E-state index contributed by atoms with van der Waals surface area (Å²) in [5, 5.41) is 8.47. The van der Waals surface area contributed by atoms with Gasteiger partial charge in [0.25, 0.3) is 0 Å². The minimum Gasteiger partial charge on any atom is -0.481 e. The van der Waals surface area contributed by atoms with E-state index in [4.69, 9.17) is 5.11 Å². The lowest BCUT2D eigenvalue weighted by molar-refractivity contribution is -0.158. The lowest BCUT2D eigenvalue weighted by atomic mass is 10.1. The first kappa shape index (κ1) is 9.94. The first-order chi connectivity index (χ1) is 5.13. The average Bonchev–Trinajstić information content (AvgIpc) is 1.88. The van der Waals surface area contributed by atoms with Crippen molar-refractivity contribution in [2.75, 3.05) is 6.61 Å². The molecule has 0 aromatic rings. The van der Waals surface area contributed by atoms with Crippen molar-refractivity contribution in [3.05, 3.63) is 0 Å². The summed E-state index contributed by atoms with van der Waals surface area (Å²) in [6.07, 6.45) is 0.272. The van der Waals surface area contributed by atoms with Crippen LogP contribution < -0.4 is 0 Å². The third-order valence-electron chi connectivity index (χ3n) is 1.28. The first-order valence-electron chi connectivity index (χ1n) is 3.52. The van der Waals surface area contributed by atoms with Crippen molar-refractivity contribution in [2.45, 2.75) is 20.3 Å². The molecule has 0 amide bonds. The number of hydrogen-bond donors (Lipinski definition) is 1. The summed E-state index contributed by atoms with van der Waals surface area (Å²) in [5.41, 5.74) is 0. The molecule has 0 aliphatic heterocycles. The fourth-order valence-corrected chi connectivity index (χ4v) is 0.685. The van der Waals surface area contributed by atoms with E-state index in [9.17, 15) is 9.59 Å². The van der Waals surface area contributed by atoms with Crippen molar-refractivity contribution in [3.8, 4) is 0 Å². The van der Waals surface area contributed by atoms with Crippen LogP contribution >= 0.6 is 0 Å². The van der Waals surface area contributed by atoms with Gasteiger partial charge in [-0.05, 0) is 13.3 Å². The summed E-state index contributed by atoms with van der Waals surface area (Å²) in [5.74, 6) is -2.77. The zero-order valence-corrected chi connectivity index (χ0v) is 6.66. The second kappa shape index (κ2) is 4.71. The van der Waals surface area contributed by atoms with E-state index in [1.165, 1.54) is 0 Å². The van der Waals surface area contributed by atoms with Gasteiger partial charge >= 0.3 is 11.9 Å². The Morgan fingerprint density at radius 1 is 1.45 bits per heavy atom. The molecule has 11 heavy (non-hydrogen) atoms. The van der Waals surface area contributed by atoms with E-state index in [1.54, 1.807) is 13.8 Å². The molecule has 0 saturated heterocycles. The quantitative estimate of drug-likeness (QED) is 0.484. The number of carboxylic acid groups (broad SMARTS) is 1. The van der Waals surface area contributed by atoms with Gasteiger partial charge in [0.15, 0.2) is 5.92 Å². The monoisotopic (exact) mass is 160 g/mol. The minimum atomic E-state index is -1.12. The van der Waals surface area contributed by atoms with Crippen LogP contribution in [0.2, 0.25) is 0 Å². The number of carbonyl (C=O) groups is 2. The predicted molar refractivity (Wildman–Crippen MR) is 38.0 cm³/mol. The van der Waals surface area contributed by atoms with E-state index in [-0.39, 0.29) is 13.0 Å². The molecule has 64 valence electrons. The second-order valence-corrected chi connectivity index (χ2v) is 2.05. The zero-order chi connectivity index (χ0) is 8.85. The van der Waals surface area contributed by atoms with E-state index in [2.05, 4.69) is 4.74 Å². The SMILES string of the molecule is CCOC(=O)[C@H](CC)C(=O)O. The number of hydrogen-bond acceptors (Lipinski definition) is 3. The van der Waals surface area contributed by atoms with E-state index in [0.717, 1.165) is 0 Å². The lowest BCUT2D eigenvalue weighted by Crippen LogP contribution is -2.25. The molecule has 0 saturated carbocycles. The summed E-state index contributed by atoms with van der Waals surface area (Å²) >= 11 is 0. The van der Waals surface area contributed by atoms with Gasteiger partial charge in [0, 0.05) is 0 Å². The van der Waals surface area contributed by atoms with E-state index < -0.39 is 17.9 Å². The Bertz CT molecular complexity index is 153. The molecule has 0 radical (unpaired) electrons. The van der Waals surface area contributed by atoms with E-state index in [0.29, 0.717) is 0 Å². The van der Waals surface area contributed by atoms with E-state index >= 15 is 0 Å². The lowest BCUT2D eigenvalue weighted by Gasteiger charge is -2.07. The van der Waals surface area contributed by atoms with Gasteiger partial charge in [-0.3, -0.25) is 9.59 Å². The Labute approximate surface area is 65.2 Å². The van der Waals surface area contributed by atoms with Gasteiger partial charge in [-0.1, -0.05) is 6.92 Å². The topological polar surface area (TPSA) is 63.6 Å². The highest BCUT2D eigenvalue weighted by atomic mass is 16.5. The normalized spacial score (nSPS) is 12.2. The Kier molecular flexibility index (Phi) is 4.26. The highest BCUT2D eigenvalue weighted by molar-refractivity contribution is 5.93. The molecule has 0 fully saturated rings. The van der Waals surface area contributed by atoms with Crippen LogP contribution in [-0.4, -0.2) is 23.7 Å². The minimum absolute atomic E-state index is 0.225. The van der Waals surface area contributed by atoms with Gasteiger partial charge in [0.05, 0.1) is 6.61 Å². The fraction of sp³-hybridized carbons (Fsp3) is 0.714. The number of carboxylic acids is 1. The molecular formula is C7H12O4. The third kappa shape index (κ3) is 3.02. The smallest absolute Gasteiger partial charge is 0.320 e. The van der Waals surface area contributed by atoms with Gasteiger partial charge in [-0.2, -0.15) is 0 Å². The van der Waals surface area contributed by atoms with Crippen LogP contribution in [0.25, 0.3) is 0 Å². The highest BCUT2D eigenvalue weighted by Crippen LogP contribution is 2.04. The van der Waals surface area contributed by atoms with Crippen LogP contribution in [0.1, 0.15) is 20.3 Å². The second-order valence-electron chi connectivity index (χ2n) is 2.05. The Balaban J connectivity index is 4.03. The third-order valence-corrected chi connectivity index (χ3v) is 1.28. The molecule has 4 nitrogen and oxygen atoms in total. The summed E-state index contributed by atoms with van der Waals surface area (Å²) in [6.45, 7) is 3.50. The van der Waals surface area contributed by atoms with Gasteiger partial charge in [0.2, 0.25) is 0 Å². The molecule has 0 aromatic carbocycles. The maximum atomic E-state index is 10.8. The molecule has 0 unspecified atom stereocenters. The maximum Gasteiger partial charge on any atom is 0.320 e. The van der Waals surface area contributed by atoms with Crippen LogP contribution in [0.3, 0.4) is 0 Å². The van der Waals surface area contributed by atoms with Crippen LogP contribution in [0.4, 0.5) is 0 Å². The summed E-state index contributed by atoms with van der Waals surface area (Å²) in [7, 11) is 0. The fourth-order valence-electron chi connectivity index (χ4n) is 0.685. The van der Waals surface area contributed by atoms with Crippen molar-refractivity contribution in [2.24, 2.45) is 5.92 Å². The van der Waals surface area contributed by atoms with Gasteiger partial charge < -0.3 is 9.84 Å². The molecule has 1 N–H and O–H groups in total. The molecular weight excluding hydrogens is 148 g/mol. The molecule has 0 aliphatic rings.